The van der Waals surface area contributed by atoms with Gasteiger partial charge in [-0.05, 0) is 44.4 Å². The molecule has 31 heavy (non-hydrogen) atoms. The Hall–Kier alpha value is -2.55. The van der Waals surface area contributed by atoms with Crippen LogP contribution in [0.3, 0.4) is 0 Å². The van der Waals surface area contributed by atoms with E-state index in [1.54, 1.807) is 12.4 Å². The first-order valence-electron chi connectivity index (χ1n) is 10.7. The minimum Gasteiger partial charge on any atom is -0.391 e. The van der Waals surface area contributed by atoms with Crippen LogP contribution >= 0.6 is 11.6 Å². The summed E-state index contributed by atoms with van der Waals surface area (Å²) in [6.45, 7) is 5.12. The zero-order valence-electron chi connectivity index (χ0n) is 17.5. The molecule has 2 fully saturated rings. The molecule has 0 saturated carbocycles. The van der Waals surface area contributed by atoms with Crippen LogP contribution in [0.4, 0.5) is 11.6 Å². The van der Waals surface area contributed by atoms with Crippen LogP contribution in [0.5, 0.6) is 0 Å². The lowest BCUT2D eigenvalue weighted by atomic mass is 9.91. The number of piperidine rings is 1. The Balaban J connectivity index is 1.43. The van der Waals surface area contributed by atoms with Gasteiger partial charge in [-0.1, -0.05) is 11.6 Å². The van der Waals surface area contributed by atoms with Crippen molar-refractivity contribution in [2.75, 3.05) is 36.0 Å². The number of β-amino-alcohol motifs (C(OH)–C–C–N with tert-alkyl or cyclic N) is 1. The van der Waals surface area contributed by atoms with Gasteiger partial charge in [-0.25, -0.2) is 19.9 Å². The molecule has 2 aliphatic heterocycles. The molecule has 5 heterocycles. The molecule has 0 unspecified atom stereocenters. The Labute approximate surface area is 186 Å². The van der Waals surface area contributed by atoms with Crippen molar-refractivity contribution in [3.8, 4) is 11.3 Å². The summed E-state index contributed by atoms with van der Waals surface area (Å²) in [5, 5.41) is 10.4. The lowest BCUT2D eigenvalue weighted by Gasteiger charge is -2.37. The third-order valence-electron chi connectivity index (χ3n) is 6.23. The summed E-state index contributed by atoms with van der Waals surface area (Å²) < 4.78 is 0. The summed E-state index contributed by atoms with van der Waals surface area (Å²) in [5.41, 5.74) is 8.98. The van der Waals surface area contributed by atoms with Crippen molar-refractivity contribution in [3.63, 3.8) is 0 Å². The number of aromatic nitrogens is 4. The summed E-state index contributed by atoms with van der Waals surface area (Å²) in [5.74, 6) is 1.53. The van der Waals surface area contributed by atoms with E-state index >= 15 is 0 Å². The largest absolute Gasteiger partial charge is 0.391 e. The highest BCUT2D eigenvalue weighted by Gasteiger charge is 2.27. The molecule has 5 rings (SSSR count). The van der Waals surface area contributed by atoms with E-state index in [9.17, 15) is 5.11 Å². The first-order chi connectivity index (χ1) is 14.9. The van der Waals surface area contributed by atoms with E-state index in [1.165, 1.54) is 0 Å². The van der Waals surface area contributed by atoms with Crippen LogP contribution < -0.4 is 15.5 Å². The van der Waals surface area contributed by atoms with Gasteiger partial charge in [0.05, 0.1) is 23.0 Å². The first kappa shape index (κ1) is 20.4. The highest BCUT2D eigenvalue weighted by atomic mass is 35.5. The predicted molar refractivity (Wildman–Crippen MR) is 122 cm³/mol. The molecule has 3 N–H and O–H groups in total. The molecule has 9 heteroatoms. The van der Waals surface area contributed by atoms with Crippen molar-refractivity contribution >= 4 is 34.4 Å². The Bertz CT molecular complexity index is 1110. The second-order valence-electron chi connectivity index (χ2n) is 8.79. The summed E-state index contributed by atoms with van der Waals surface area (Å²) in [6.07, 6.45) is 5.74. The molecule has 0 radical (unpaired) electrons. The highest BCUT2D eigenvalue weighted by molar-refractivity contribution is 6.35. The van der Waals surface area contributed by atoms with Crippen molar-refractivity contribution in [1.82, 2.24) is 19.9 Å². The van der Waals surface area contributed by atoms with E-state index < -0.39 is 0 Å². The normalized spacial score (nSPS) is 21.1. The number of fused-ring (bicyclic) bond motifs is 1. The number of hydrogen-bond acceptors (Lipinski definition) is 8. The zero-order valence-corrected chi connectivity index (χ0v) is 18.3. The average molecular weight is 440 g/mol. The van der Waals surface area contributed by atoms with Crippen LogP contribution in [-0.4, -0.2) is 62.9 Å². The number of aliphatic hydroxyl groups is 1. The van der Waals surface area contributed by atoms with E-state index in [-0.39, 0.29) is 11.6 Å². The molecule has 0 bridgehead atoms. The van der Waals surface area contributed by atoms with Crippen LogP contribution in [0, 0.1) is 0 Å². The summed E-state index contributed by atoms with van der Waals surface area (Å²) in [4.78, 5) is 22.7. The van der Waals surface area contributed by atoms with Crippen molar-refractivity contribution in [2.45, 2.75) is 37.8 Å². The average Bonchev–Trinajstić information content (AvgIpc) is 3.19. The number of anilines is 2. The summed E-state index contributed by atoms with van der Waals surface area (Å²) in [7, 11) is 0. The van der Waals surface area contributed by atoms with Gasteiger partial charge < -0.3 is 20.6 Å². The minimum absolute atomic E-state index is 0.104. The number of nitrogens with two attached hydrogens (primary N) is 1. The van der Waals surface area contributed by atoms with Gasteiger partial charge in [0, 0.05) is 43.5 Å². The Morgan fingerprint density at radius 1 is 1.10 bits per heavy atom. The number of nitrogens with zero attached hydrogens (tertiary/aromatic N) is 6. The van der Waals surface area contributed by atoms with Crippen LogP contribution in [0.15, 0.2) is 30.6 Å². The maximum Gasteiger partial charge on any atom is 0.178 e. The van der Waals surface area contributed by atoms with Gasteiger partial charge in [-0.15, -0.1) is 0 Å². The van der Waals surface area contributed by atoms with Crippen LogP contribution in [-0.2, 0) is 0 Å². The van der Waals surface area contributed by atoms with Crippen LogP contribution in [0.1, 0.15) is 26.2 Å². The second-order valence-corrected chi connectivity index (χ2v) is 9.17. The van der Waals surface area contributed by atoms with Crippen molar-refractivity contribution in [2.24, 2.45) is 5.73 Å². The van der Waals surface area contributed by atoms with Crippen molar-refractivity contribution in [3.05, 3.63) is 35.6 Å². The number of halogens is 1. The quantitative estimate of drug-likeness (QED) is 0.641. The number of rotatable bonds is 3. The maximum atomic E-state index is 9.85. The second kappa shape index (κ2) is 7.85. The monoisotopic (exact) mass is 439 g/mol. The topological polar surface area (TPSA) is 104 Å². The van der Waals surface area contributed by atoms with Crippen molar-refractivity contribution < 1.29 is 5.11 Å². The molecule has 2 saturated heterocycles. The fourth-order valence-corrected chi connectivity index (χ4v) is 4.56. The molecule has 0 aromatic carbocycles. The third-order valence-corrected chi connectivity index (χ3v) is 6.60. The lowest BCUT2D eigenvalue weighted by molar-refractivity contribution is 0.198. The molecule has 0 amide bonds. The van der Waals surface area contributed by atoms with Gasteiger partial charge in [-0.2, -0.15) is 0 Å². The SMILES string of the molecule is CC1(N)CCN(c2cnc3nc(-c4ccnc(N5CC[C@@H](O)C5)c4Cl)ccc3n2)CC1. The number of hydrogen-bond donors (Lipinski definition) is 2. The van der Waals surface area contributed by atoms with Gasteiger partial charge in [0.1, 0.15) is 17.2 Å². The van der Waals surface area contributed by atoms with Crippen molar-refractivity contribution in [1.29, 1.82) is 0 Å². The van der Waals surface area contributed by atoms with E-state index in [4.69, 9.17) is 27.3 Å². The third kappa shape index (κ3) is 4.03. The number of aliphatic hydroxyl groups excluding tert-OH is 1. The molecule has 2 aliphatic rings. The van der Waals surface area contributed by atoms with Gasteiger partial charge in [0.2, 0.25) is 0 Å². The lowest BCUT2D eigenvalue weighted by Crippen LogP contribution is -2.48. The van der Waals surface area contributed by atoms with E-state index in [1.807, 2.05) is 23.1 Å². The van der Waals surface area contributed by atoms with Crippen LogP contribution in [0.2, 0.25) is 5.02 Å². The highest BCUT2D eigenvalue weighted by Crippen LogP contribution is 2.35. The van der Waals surface area contributed by atoms with E-state index in [0.29, 0.717) is 23.0 Å². The fraction of sp³-hybridized carbons (Fsp3) is 0.455. The molecule has 162 valence electrons. The summed E-state index contributed by atoms with van der Waals surface area (Å²) >= 11 is 6.69. The number of pyridine rings is 2. The molecule has 1 atom stereocenters. The zero-order chi connectivity index (χ0) is 21.6. The first-order valence-corrected chi connectivity index (χ1v) is 11.0. The van der Waals surface area contributed by atoms with Gasteiger partial charge in [0.15, 0.2) is 5.65 Å². The Morgan fingerprint density at radius 2 is 1.90 bits per heavy atom. The Morgan fingerprint density at radius 3 is 2.65 bits per heavy atom. The fourth-order valence-electron chi connectivity index (χ4n) is 4.23. The molecular formula is C22H26ClN7O. The Kier molecular flexibility index (Phi) is 5.16. The molecule has 0 aliphatic carbocycles. The van der Waals surface area contributed by atoms with Crippen LogP contribution in [0.25, 0.3) is 22.4 Å². The molecule has 3 aromatic heterocycles. The smallest absolute Gasteiger partial charge is 0.178 e. The minimum atomic E-state index is -0.344. The molecule has 3 aromatic rings. The van der Waals surface area contributed by atoms with E-state index in [2.05, 4.69) is 21.8 Å². The van der Waals surface area contributed by atoms with Gasteiger partial charge >= 0.3 is 0 Å². The van der Waals surface area contributed by atoms with Gasteiger partial charge in [-0.3, -0.25) is 0 Å². The standard InChI is InChI=1S/C22H26ClN7O/c1-22(24)6-10-29(11-7-22)18-12-26-20-17(27-18)3-2-16(28-20)15-4-8-25-21(19(15)23)30-9-5-14(31)13-30/h2-4,8,12,14,31H,5-7,9-11,13,24H2,1H3/t14-/m1/s1. The molecule has 0 spiro atoms. The van der Waals surface area contributed by atoms with E-state index in [0.717, 1.165) is 61.5 Å². The maximum absolute atomic E-state index is 9.85. The van der Waals surface area contributed by atoms with Gasteiger partial charge in [0.25, 0.3) is 0 Å². The molecular weight excluding hydrogens is 414 g/mol. The summed E-state index contributed by atoms with van der Waals surface area (Å²) in [6, 6.07) is 5.70. The molecule has 8 nitrogen and oxygen atoms in total. The predicted octanol–water partition coefficient (Wildman–Crippen LogP) is 2.63.